The van der Waals surface area contributed by atoms with Gasteiger partial charge in [0.25, 0.3) is 6.43 Å². The third-order valence-corrected chi connectivity index (χ3v) is 5.90. The highest BCUT2D eigenvalue weighted by molar-refractivity contribution is 6.08. The highest BCUT2D eigenvalue weighted by Crippen LogP contribution is 2.46. The molecule has 0 saturated heterocycles. The fraction of sp³-hybridized carbons (Fsp3) is 0.346. The Hall–Kier alpha value is -3.96. The minimum absolute atomic E-state index is 0.0580. The molecule has 1 amide bonds. The molecule has 1 saturated carbocycles. The van der Waals surface area contributed by atoms with Gasteiger partial charge in [-0.05, 0) is 54.8 Å². The first-order valence-electron chi connectivity index (χ1n) is 11.7. The Kier molecular flexibility index (Phi) is 8.43. The molecule has 4 rings (SSSR count). The second-order valence-electron chi connectivity index (χ2n) is 8.41. The number of carboxylic acids is 1. The molecule has 1 fully saturated rings. The van der Waals surface area contributed by atoms with Crippen molar-refractivity contribution in [1.82, 2.24) is 10.3 Å². The standard InChI is InChI=1S/C24H20F5N3O4.C2H6/c1-32-18(36-16-4-2-3-15(11-16)24(27,28)29)12-17(19(31-32)20(25)26)21(33)30-23(9-10-23)14-7-5-13(6-8-14)22(34)35;1-2/h2-8,11-12,17,20H,9-10H2,1H3,(H,30,33)(H,34,35);1-2H3. The van der Waals surface area contributed by atoms with Crippen molar-refractivity contribution in [3.8, 4) is 5.75 Å². The van der Waals surface area contributed by atoms with Gasteiger partial charge in [-0.25, -0.2) is 18.6 Å². The molecule has 1 atom stereocenters. The van der Waals surface area contributed by atoms with Crippen molar-refractivity contribution < 1.29 is 41.4 Å². The molecule has 2 aromatic carbocycles. The molecule has 12 heteroatoms. The number of hydrogen-bond donors (Lipinski definition) is 2. The van der Waals surface area contributed by atoms with E-state index >= 15 is 0 Å². The SMILES string of the molecule is CC.CN1N=C(C(F)F)C(C(=O)NC2(c3ccc(C(=O)O)cc3)CC2)C=C1Oc1cccc(C(F)(F)F)c1. The maximum absolute atomic E-state index is 13.7. The minimum Gasteiger partial charge on any atom is -0.478 e. The van der Waals surface area contributed by atoms with Crippen molar-refractivity contribution in [1.29, 1.82) is 0 Å². The Morgan fingerprint density at radius 1 is 1.13 bits per heavy atom. The number of carbonyl (C=O) groups is 2. The van der Waals surface area contributed by atoms with Crippen molar-refractivity contribution in [2.45, 2.75) is 44.8 Å². The van der Waals surface area contributed by atoms with Crippen LogP contribution in [0.25, 0.3) is 0 Å². The molecule has 2 N–H and O–H groups in total. The predicted octanol–water partition coefficient (Wildman–Crippen LogP) is 5.64. The van der Waals surface area contributed by atoms with Crippen LogP contribution in [0.1, 0.15) is 48.2 Å². The summed E-state index contributed by atoms with van der Waals surface area (Å²) in [4.78, 5) is 24.2. The van der Waals surface area contributed by atoms with E-state index in [0.717, 1.165) is 29.3 Å². The first-order chi connectivity index (χ1) is 17.9. The Morgan fingerprint density at radius 3 is 2.29 bits per heavy atom. The maximum atomic E-state index is 13.7. The van der Waals surface area contributed by atoms with Crippen LogP contribution in [-0.4, -0.2) is 41.2 Å². The molecule has 1 heterocycles. The fourth-order valence-electron chi connectivity index (χ4n) is 3.82. The molecular weight excluding hydrogens is 513 g/mol. The van der Waals surface area contributed by atoms with E-state index in [2.05, 4.69) is 10.4 Å². The lowest BCUT2D eigenvalue weighted by Gasteiger charge is -2.28. The highest BCUT2D eigenvalue weighted by Gasteiger charge is 2.48. The second-order valence-corrected chi connectivity index (χ2v) is 8.41. The van der Waals surface area contributed by atoms with E-state index < -0.39 is 47.2 Å². The van der Waals surface area contributed by atoms with Crippen LogP contribution in [0.2, 0.25) is 0 Å². The molecule has 0 bridgehead atoms. The molecule has 2 aliphatic rings. The molecule has 0 radical (unpaired) electrons. The smallest absolute Gasteiger partial charge is 0.416 e. The monoisotopic (exact) mass is 539 g/mol. The zero-order valence-corrected chi connectivity index (χ0v) is 20.7. The fourth-order valence-corrected chi connectivity index (χ4v) is 3.82. The van der Waals surface area contributed by atoms with Crippen LogP contribution in [0, 0.1) is 5.92 Å². The van der Waals surface area contributed by atoms with Crippen molar-refractivity contribution >= 4 is 17.6 Å². The summed E-state index contributed by atoms with van der Waals surface area (Å²) >= 11 is 0. The summed E-state index contributed by atoms with van der Waals surface area (Å²) in [6.45, 7) is 4.00. The van der Waals surface area contributed by atoms with Crippen molar-refractivity contribution in [3.05, 3.63) is 77.2 Å². The van der Waals surface area contributed by atoms with E-state index in [0.29, 0.717) is 18.4 Å². The van der Waals surface area contributed by atoms with Gasteiger partial charge in [-0.2, -0.15) is 18.3 Å². The molecule has 0 aromatic heterocycles. The summed E-state index contributed by atoms with van der Waals surface area (Å²) in [5, 5.41) is 16.5. The van der Waals surface area contributed by atoms with Gasteiger partial charge < -0.3 is 15.2 Å². The third kappa shape index (κ3) is 6.29. The summed E-state index contributed by atoms with van der Waals surface area (Å²) in [6, 6.07) is 9.84. The lowest BCUT2D eigenvalue weighted by molar-refractivity contribution is -0.137. The molecule has 204 valence electrons. The van der Waals surface area contributed by atoms with E-state index in [4.69, 9.17) is 9.84 Å². The quantitative estimate of drug-likeness (QED) is 0.445. The number of nitrogens with zero attached hydrogens (tertiary/aromatic N) is 2. The van der Waals surface area contributed by atoms with Gasteiger partial charge in [0.1, 0.15) is 17.4 Å². The highest BCUT2D eigenvalue weighted by atomic mass is 19.4. The number of ether oxygens (including phenoxy) is 1. The number of rotatable bonds is 7. The molecule has 1 aliphatic heterocycles. The van der Waals surface area contributed by atoms with Gasteiger partial charge in [-0.1, -0.05) is 32.0 Å². The average Bonchev–Trinajstić information content (AvgIpc) is 3.66. The molecule has 1 unspecified atom stereocenters. The summed E-state index contributed by atoms with van der Waals surface area (Å²) in [6.07, 6.45) is -5.60. The van der Waals surface area contributed by atoms with Crippen LogP contribution < -0.4 is 10.1 Å². The van der Waals surface area contributed by atoms with E-state index in [-0.39, 0.29) is 17.2 Å². The summed E-state index contributed by atoms with van der Waals surface area (Å²) in [5.41, 5.74) is -1.88. The predicted molar refractivity (Wildman–Crippen MR) is 129 cm³/mol. The zero-order valence-electron chi connectivity index (χ0n) is 20.7. The molecule has 1 aliphatic carbocycles. The van der Waals surface area contributed by atoms with Crippen molar-refractivity contribution in [2.75, 3.05) is 7.05 Å². The number of aromatic carboxylic acids is 1. The van der Waals surface area contributed by atoms with Crippen LogP contribution in [-0.2, 0) is 16.5 Å². The van der Waals surface area contributed by atoms with Crippen LogP contribution >= 0.6 is 0 Å². The molecular formula is C26H26F5N3O4. The number of carboxylic acid groups (broad SMARTS) is 1. The lowest BCUT2D eigenvalue weighted by Crippen LogP contribution is -2.45. The van der Waals surface area contributed by atoms with Gasteiger partial charge in [-0.3, -0.25) is 4.79 Å². The first kappa shape index (κ1) is 28.6. The van der Waals surface area contributed by atoms with Crippen LogP contribution in [0.15, 0.2) is 65.6 Å². The number of halogens is 5. The van der Waals surface area contributed by atoms with Gasteiger partial charge >= 0.3 is 12.1 Å². The van der Waals surface area contributed by atoms with Crippen LogP contribution in [0.3, 0.4) is 0 Å². The minimum atomic E-state index is -4.61. The van der Waals surface area contributed by atoms with Gasteiger partial charge in [0.15, 0.2) is 0 Å². The van der Waals surface area contributed by atoms with Gasteiger partial charge in [0.2, 0.25) is 11.8 Å². The summed E-state index contributed by atoms with van der Waals surface area (Å²) in [5.74, 6) is -3.87. The average molecular weight is 540 g/mol. The largest absolute Gasteiger partial charge is 0.478 e. The van der Waals surface area contributed by atoms with Crippen molar-refractivity contribution in [2.24, 2.45) is 11.0 Å². The van der Waals surface area contributed by atoms with E-state index in [1.807, 2.05) is 13.8 Å². The first-order valence-corrected chi connectivity index (χ1v) is 11.7. The van der Waals surface area contributed by atoms with Crippen LogP contribution in [0.4, 0.5) is 22.0 Å². The van der Waals surface area contributed by atoms with Gasteiger partial charge in [0.05, 0.1) is 16.7 Å². The number of alkyl halides is 5. The lowest BCUT2D eigenvalue weighted by atomic mass is 9.98. The third-order valence-electron chi connectivity index (χ3n) is 5.90. The summed E-state index contributed by atoms with van der Waals surface area (Å²) in [7, 11) is 1.27. The number of carbonyl (C=O) groups excluding carboxylic acids is 1. The summed E-state index contributed by atoms with van der Waals surface area (Å²) < 4.78 is 72.1. The number of hydrogen-bond acceptors (Lipinski definition) is 5. The number of nitrogens with one attached hydrogen (secondary N) is 1. The Morgan fingerprint density at radius 2 is 1.76 bits per heavy atom. The molecule has 0 spiro atoms. The Bertz CT molecular complexity index is 1240. The van der Waals surface area contributed by atoms with E-state index in [1.54, 1.807) is 12.1 Å². The van der Waals surface area contributed by atoms with Crippen molar-refractivity contribution in [3.63, 3.8) is 0 Å². The van der Waals surface area contributed by atoms with Crippen LogP contribution in [0.5, 0.6) is 5.75 Å². The van der Waals surface area contributed by atoms with Gasteiger partial charge in [-0.15, -0.1) is 0 Å². The second kappa shape index (κ2) is 11.2. The molecule has 38 heavy (non-hydrogen) atoms. The number of hydrazone groups is 1. The number of amides is 1. The van der Waals surface area contributed by atoms with Gasteiger partial charge in [0, 0.05) is 7.05 Å². The topological polar surface area (TPSA) is 91.2 Å². The van der Waals surface area contributed by atoms with E-state index in [9.17, 15) is 31.5 Å². The Balaban J connectivity index is 0.00000195. The zero-order chi connectivity index (χ0) is 28.3. The normalized spacial score (nSPS) is 18.0. The van der Waals surface area contributed by atoms with E-state index in [1.165, 1.54) is 25.2 Å². The Labute approximate surface area is 215 Å². The maximum Gasteiger partial charge on any atom is 0.416 e. The number of benzene rings is 2. The molecule has 7 nitrogen and oxygen atoms in total. The molecule has 2 aromatic rings.